The molecule has 0 spiro atoms. The number of para-hydroxylation sites is 1. The van der Waals surface area contributed by atoms with Gasteiger partial charge in [-0.1, -0.05) is 114 Å². The summed E-state index contributed by atoms with van der Waals surface area (Å²) < 4.78 is 0. The third kappa shape index (κ3) is 16.7. The van der Waals surface area contributed by atoms with Gasteiger partial charge in [-0.25, -0.2) is 0 Å². The molecule has 0 aliphatic rings. The van der Waals surface area contributed by atoms with Crippen LogP contribution < -0.4 is 35.0 Å². The van der Waals surface area contributed by atoms with Gasteiger partial charge in [0.15, 0.2) is 17.0 Å². The molecule has 0 radical (unpaired) electrons. The smallest absolute Gasteiger partial charge is 0.870 e. The van der Waals surface area contributed by atoms with Gasteiger partial charge in [0.05, 0.1) is 0 Å². The van der Waals surface area contributed by atoms with E-state index in [0.29, 0.717) is 12.0 Å². The molecule has 6 heteroatoms. The summed E-state index contributed by atoms with van der Waals surface area (Å²) in [7, 11) is 0. The van der Waals surface area contributed by atoms with E-state index in [2.05, 4.69) is 24.9 Å². The number of Topliss-reactive ketones (excluding diaryl/α,β-unsaturated/α-hetero) is 1. The van der Waals surface area contributed by atoms with Gasteiger partial charge in [0.2, 0.25) is 0 Å². The Morgan fingerprint density at radius 2 is 1.35 bits per heavy atom. The van der Waals surface area contributed by atoms with Crippen molar-refractivity contribution in [3.63, 3.8) is 0 Å². The zero-order valence-corrected chi connectivity index (χ0v) is 28.9. The number of unbranched alkanes of at least 4 members (excludes halogenated alkanes) is 10. The zero-order valence-electron chi connectivity index (χ0n) is 26.9. The monoisotopic (exact) mass is 595 g/mol. The maximum Gasteiger partial charge on any atom is 1.00 e. The van der Waals surface area contributed by atoms with Crippen LogP contribution in [0.2, 0.25) is 0 Å². The Kier molecular flexibility index (Phi) is 23.3. The number of allylic oxidation sites excluding steroid dienone is 3. The molecule has 0 amide bonds. The molecule has 0 saturated heterocycles. The summed E-state index contributed by atoms with van der Waals surface area (Å²) in [5.41, 5.74) is 3.35. The summed E-state index contributed by atoms with van der Waals surface area (Å²) in [6.07, 6.45) is 22.9. The fourth-order valence-electron chi connectivity index (χ4n) is 4.73. The first-order valence-corrected chi connectivity index (χ1v) is 15.5. The molecular formula is C37H50NNaO4. The summed E-state index contributed by atoms with van der Waals surface area (Å²) in [5, 5.41) is 0.754. The van der Waals surface area contributed by atoms with Gasteiger partial charge in [-0.2, -0.15) is 0 Å². The van der Waals surface area contributed by atoms with E-state index in [1.807, 2.05) is 54.6 Å². The summed E-state index contributed by atoms with van der Waals surface area (Å²) >= 11 is 0. The molecule has 2 aromatic carbocycles. The third-order valence-electron chi connectivity index (χ3n) is 7.07. The number of aromatic amines is 1. The molecule has 0 unspecified atom stereocenters. The van der Waals surface area contributed by atoms with Crippen molar-refractivity contribution < 1.29 is 44.6 Å². The Balaban J connectivity index is 0.000000784. The Hall–Kier alpha value is -2.57. The number of fused-ring (bicyclic) bond motifs is 1. The molecule has 3 aromatic rings. The van der Waals surface area contributed by atoms with E-state index in [1.54, 1.807) is 18.2 Å². The van der Waals surface area contributed by atoms with Crippen molar-refractivity contribution in [2.75, 3.05) is 0 Å². The molecule has 1 heterocycles. The first-order chi connectivity index (χ1) is 20.0. The Labute approximate surface area is 280 Å². The first-order valence-electron chi connectivity index (χ1n) is 15.5. The summed E-state index contributed by atoms with van der Waals surface area (Å²) in [6.45, 7) is 5.98. The Morgan fingerprint density at radius 1 is 0.767 bits per heavy atom. The van der Waals surface area contributed by atoms with Crippen LogP contribution in [0, 0.1) is 0 Å². The van der Waals surface area contributed by atoms with Crippen LogP contribution in [0.5, 0.6) is 0 Å². The second kappa shape index (κ2) is 24.8. The molecule has 2 N–H and O–H groups in total. The Bertz CT molecular complexity index is 1330. The summed E-state index contributed by atoms with van der Waals surface area (Å²) in [5.74, 6) is 0.0792. The van der Waals surface area contributed by atoms with Crippen molar-refractivity contribution >= 4 is 28.5 Å². The van der Waals surface area contributed by atoms with Crippen molar-refractivity contribution in [2.45, 2.75) is 104 Å². The molecule has 3 rings (SSSR count). The molecular weight excluding hydrogens is 545 g/mol. The van der Waals surface area contributed by atoms with Gasteiger partial charge in [0.25, 0.3) is 0 Å². The molecule has 0 saturated carbocycles. The second-order valence-electron chi connectivity index (χ2n) is 10.7. The van der Waals surface area contributed by atoms with Crippen molar-refractivity contribution in [1.82, 2.24) is 4.98 Å². The predicted molar refractivity (Wildman–Crippen MR) is 177 cm³/mol. The van der Waals surface area contributed by atoms with Crippen LogP contribution in [-0.4, -0.2) is 22.0 Å². The molecule has 5 nitrogen and oxygen atoms in total. The number of carbonyl (C=O) groups is 2. The van der Waals surface area contributed by atoms with Crippen LogP contribution in [-0.2, 0) is 11.2 Å². The van der Waals surface area contributed by atoms with E-state index in [0.717, 1.165) is 41.4 Å². The van der Waals surface area contributed by atoms with E-state index in [1.165, 1.54) is 64.7 Å². The number of H-pyrrole nitrogens is 1. The minimum absolute atomic E-state index is 0. The van der Waals surface area contributed by atoms with E-state index in [9.17, 15) is 14.4 Å². The number of pyridine rings is 1. The quantitative estimate of drug-likeness (QED) is 0.0818. The number of hydrogen-bond acceptors (Lipinski definition) is 4. The summed E-state index contributed by atoms with van der Waals surface area (Å²) in [6, 6.07) is 16.6. The van der Waals surface area contributed by atoms with Crippen molar-refractivity contribution in [3.8, 4) is 0 Å². The standard InChI is InChI=1S/C19H26O2.C18H23NO.Na.H2O/c1-3-4-5-6-7-8-9-13-18(21)15-17-12-10-11-14-19(17)16(2)20;1-2-3-4-5-6-7-8-11-15-14-18(20)16-12-9-10-13-17(16)19-15;;/h9-14H,3-8,15H2,1-2H3;8-14H,2-7H2,1H3,(H,19,20);;1H2/q;;+1;/p-1/b13-9+;11-8+;;. The minimum Gasteiger partial charge on any atom is -0.870 e. The van der Waals surface area contributed by atoms with Gasteiger partial charge in [0, 0.05) is 34.6 Å². The number of benzene rings is 2. The summed E-state index contributed by atoms with van der Waals surface area (Å²) in [4.78, 5) is 38.7. The number of rotatable bonds is 17. The normalized spacial score (nSPS) is 10.7. The second-order valence-corrected chi connectivity index (χ2v) is 10.7. The molecule has 0 aliphatic heterocycles. The van der Waals surface area contributed by atoms with Gasteiger partial charge in [0.1, 0.15) is 0 Å². The number of aromatic nitrogens is 1. The molecule has 0 atom stereocenters. The number of nitrogens with one attached hydrogen (secondary N) is 1. The Morgan fingerprint density at radius 3 is 2.00 bits per heavy atom. The van der Waals surface area contributed by atoms with Gasteiger partial charge in [-0.15, -0.1) is 0 Å². The van der Waals surface area contributed by atoms with Crippen LogP contribution >= 0.6 is 0 Å². The van der Waals surface area contributed by atoms with E-state index < -0.39 is 0 Å². The molecule has 228 valence electrons. The maximum absolute atomic E-state index is 12.0. The number of hydrogen-bond donors (Lipinski definition) is 1. The fraction of sp³-hybridized carbons (Fsp3) is 0.432. The largest absolute Gasteiger partial charge is 1.00 e. The SMILES string of the molecule is CCCCCCC/C=C/C(=O)Cc1ccccc1C(C)=O.CCCCCCC/C=C/c1cc(=O)c2ccccc2[nH]1.[Na+].[OH-]. The van der Waals surface area contributed by atoms with Crippen LogP contribution in [0.4, 0.5) is 0 Å². The van der Waals surface area contributed by atoms with Gasteiger partial charge in [-0.05, 0) is 62.5 Å². The van der Waals surface area contributed by atoms with Crippen molar-refractivity contribution in [2.24, 2.45) is 0 Å². The average Bonchev–Trinajstić information content (AvgIpc) is 2.97. The van der Waals surface area contributed by atoms with Crippen LogP contribution in [0.15, 0.2) is 77.6 Å². The number of carbonyl (C=O) groups excluding carboxylic acids is 2. The van der Waals surface area contributed by atoms with Gasteiger partial charge in [-0.3, -0.25) is 14.4 Å². The van der Waals surface area contributed by atoms with Crippen molar-refractivity contribution in [1.29, 1.82) is 0 Å². The van der Waals surface area contributed by atoms with E-state index in [-0.39, 0.29) is 52.0 Å². The maximum atomic E-state index is 12.0. The number of ketones is 2. The molecule has 0 aliphatic carbocycles. The van der Waals surface area contributed by atoms with E-state index in [4.69, 9.17) is 0 Å². The van der Waals surface area contributed by atoms with Crippen molar-refractivity contribution in [3.05, 3.63) is 99.9 Å². The molecule has 0 bridgehead atoms. The minimum atomic E-state index is 0. The average molecular weight is 596 g/mol. The predicted octanol–water partition coefficient (Wildman–Crippen LogP) is 6.65. The fourth-order valence-corrected chi connectivity index (χ4v) is 4.73. The van der Waals surface area contributed by atoms with Gasteiger partial charge >= 0.3 is 29.6 Å². The third-order valence-corrected chi connectivity index (χ3v) is 7.07. The molecule has 0 fully saturated rings. The van der Waals surface area contributed by atoms with Crippen LogP contribution in [0.25, 0.3) is 17.0 Å². The van der Waals surface area contributed by atoms with Gasteiger partial charge < -0.3 is 10.5 Å². The zero-order chi connectivity index (χ0) is 29.7. The van der Waals surface area contributed by atoms with E-state index >= 15 is 0 Å². The topological polar surface area (TPSA) is 97.0 Å². The van der Waals surface area contributed by atoms with Crippen LogP contribution in [0.3, 0.4) is 0 Å². The van der Waals surface area contributed by atoms with Crippen LogP contribution in [0.1, 0.15) is 119 Å². The molecule has 43 heavy (non-hydrogen) atoms. The molecule has 1 aromatic heterocycles. The first kappa shape index (κ1) is 40.4.